The van der Waals surface area contributed by atoms with E-state index in [-0.39, 0.29) is 0 Å². The van der Waals surface area contributed by atoms with Crippen LogP contribution < -0.4 is 5.73 Å². The third kappa shape index (κ3) is 3.05. The van der Waals surface area contributed by atoms with Gasteiger partial charge < -0.3 is 5.73 Å². The number of benzene rings is 1. The van der Waals surface area contributed by atoms with Gasteiger partial charge in [0, 0.05) is 19.6 Å². The summed E-state index contributed by atoms with van der Waals surface area (Å²) < 4.78 is 26.9. The van der Waals surface area contributed by atoms with Crippen LogP contribution in [-0.4, -0.2) is 25.8 Å². The number of nitrogens with zero attached hydrogens (tertiary/aromatic N) is 1. The molecule has 1 atom stereocenters. The van der Waals surface area contributed by atoms with Crippen LogP contribution in [0.3, 0.4) is 0 Å². The van der Waals surface area contributed by atoms with Crippen molar-refractivity contribution in [3.63, 3.8) is 0 Å². The maximum atomic E-state index is 12.6. The fraction of sp³-hybridized carbons (Fsp3) is 0.600. The normalized spacial score (nSPS) is 20.4. The first-order valence-corrected chi connectivity index (χ1v) is 8.72. The zero-order valence-corrected chi connectivity index (χ0v) is 13.1. The quantitative estimate of drug-likeness (QED) is 0.906. The average molecular weight is 296 g/mol. The lowest BCUT2D eigenvalue weighted by atomic mass is 10.0. The van der Waals surface area contributed by atoms with E-state index in [9.17, 15) is 8.42 Å². The second-order valence-electron chi connectivity index (χ2n) is 5.60. The molecule has 0 saturated carbocycles. The third-order valence-corrected chi connectivity index (χ3v) is 5.98. The van der Waals surface area contributed by atoms with Gasteiger partial charge in [0.05, 0.1) is 4.90 Å². The first-order chi connectivity index (χ1) is 9.48. The molecule has 1 aliphatic rings. The van der Waals surface area contributed by atoms with E-state index in [1.54, 1.807) is 16.4 Å². The Balaban J connectivity index is 2.23. The maximum absolute atomic E-state index is 12.6. The van der Waals surface area contributed by atoms with Crippen LogP contribution in [-0.2, 0) is 16.6 Å². The van der Waals surface area contributed by atoms with Crippen molar-refractivity contribution in [3.8, 4) is 0 Å². The molecular formula is C15H24N2O2S. The molecule has 0 aliphatic carbocycles. The number of sulfonamides is 1. The molecule has 0 spiro atoms. The zero-order valence-electron chi connectivity index (χ0n) is 12.3. The molecular weight excluding hydrogens is 272 g/mol. The van der Waals surface area contributed by atoms with Gasteiger partial charge in [-0.3, -0.25) is 0 Å². The predicted molar refractivity (Wildman–Crippen MR) is 80.8 cm³/mol. The monoisotopic (exact) mass is 296 g/mol. The van der Waals surface area contributed by atoms with E-state index in [0.29, 0.717) is 30.4 Å². The van der Waals surface area contributed by atoms with Crippen molar-refractivity contribution in [1.82, 2.24) is 4.31 Å². The van der Waals surface area contributed by atoms with Gasteiger partial charge in [0.15, 0.2) is 0 Å². The van der Waals surface area contributed by atoms with Gasteiger partial charge in [-0.1, -0.05) is 19.4 Å². The van der Waals surface area contributed by atoms with Gasteiger partial charge >= 0.3 is 0 Å². The Morgan fingerprint density at radius 1 is 1.40 bits per heavy atom. The van der Waals surface area contributed by atoms with Crippen molar-refractivity contribution in [1.29, 1.82) is 0 Å². The highest BCUT2D eigenvalue weighted by Crippen LogP contribution is 2.27. The zero-order chi connectivity index (χ0) is 14.8. The highest BCUT2D eigenvalue weighted by molar-refractivity contribution is 7.89. The highest BCUT2D eigenvalue weighted by atomic mass is 32.2. The van der Waals surface area contributed by atoms with Crippen molar-refractivity contribution in [2.24, 2.45) is 11.7 Å². The van der Waals surface area contributed by atoms with Gasteiger partial charge in [-0.2, -0.15) is 4.31 Å². The van der Waals surface area contributed by atoms with E-state index in [1.165, 1.54) is 0 Å². The topological polar surface area (TPSA) is 63.4 Å². The largest absolute Gasteiger partial charge is 0.326 e. The molecule has 1 aliphatic heterocycles. The second-order valence-corrected chi connectivity index (χ2v) is 7.54. The lowest BCUT2D eigenvalue weighted by molar-refractivity contribution is 0.444. The summed E-state index contributed by atoms with van der Waals surface area (Å²) in [7, 11) is -3.36. The SMILES string of the molecule is CCCC1CCN(S(=O)(=O)c2ccc(C)c(CN)c2)C1. The minimum atomic E-state index is -3.36. The molecule has 1 saturated heterocycles. The molecule has 5 heteroatoms. The fourth-order valence-corrected chi connectivity index (χ4v) is 4.42. The summed E-state index contributed by atoms with van der Waals surface area (Å²) >= 11 is 0. The van der Waals surface area contributed by atoms with E-state index in [4.69, 9.17) is 5.73 Å². The standard InChI is InChI=1S/C15H24N2O2S/c1-3-4-13-7-8-17(11-13)20(18,19)15-6-5-12(2)14(9-15)10-16/h5-6,9,13H,3-4,7-8,10-11,16H2,1-2H3. The van der Waals surface area contributed by atoms with Gasteiger partial charge in [-0.05, 0) is 48.9 Å². The molecule has 2 N–H and O–H groups in total. The molecule has 0 bridgehead atoms. The third-order valence-electron chi connectivity index (χ3n) is 4.12. The number of aryl methyl sites for hydroxylation is 1. The van der Waals surface area contributed by atoms with Crippen LogP contribution in [0.4, 0.5) is 0 Å². The Hall–Kier alpha value is -0.910. The molecule has 1 unspecified atom stereocenters. The van der Waals surface area contributed by atoms with Gasteiger partial charge in [-0.15, -0.1) is 0 Å². The van der Waals surface area contributed by atoms with Crippen LogP contribution in [0.15, 0.2) is 23.1 Å². The molecule has 1 aromatic carbocycles. The van der Waals surface area contributed by atoms with Crippen molar-refractivity contribution in [2.75, 3.05) is 13.1 Å². The summed E-state index contributed by atoms with van der Waals surface area (Å²) in [6, 6.07) is 5.25. The van der Waals surface area contributed by atoms with Crippen molar-refractivity contribution in [3.05, 3.63) is 29.3 Å². The van der Waals surface area contributed by atoms with Gasteiger partial charge in [0.25, 0.3) is 0 Å². The van der Waals surface area contributed by atoms with Crippen molar-refractivity contribution >= 4 is 10.0 Å². The molecule has 1 aromatic rings. The van der Waals surface area contributed by atoms with Gasteiger partial charge in [0.1, 0.15) is 0 Å². The van der Waals surface area contributed by atoms with Crippen molar-refractivity contribution < 1.29 is 8.42 Å². The van der Waals surface area contributed by atoms with E-state index in [2.05, 4.69) is 6.92 Å². The number of hydrogen-bond acceptors (Lipinski definition) is 3. The second kappa shape index (κ2) is 6.24. The van der Waals surface area contributed by atoms with E-state index < -0.39 is 10.0 Å². The lowest BCUT2D eigenvalue weighted by Crippen LogP contribution is -2.29. The molecule has 1 fully saturated rings. The molecule has 4 nitrogen and oxygen atoms in total. The first-order valence-electron chi connectivity index (χ1n) is 7.28. The smallest absolute Gasteiger partial charge is 0.243 e. The Morgan fingerprint density at radius 2 is 2.15 bits per heavy atom. The molecule has 0 aromatic heterocycles. The Bertz CT molecular complexity index is 569. The first kappa shape index (κ1) is 15.5. The number of hydrogen-bond donors (Lipinski definition) is 1. The highest BCUT2D eigenvalue weighted by Gasteiger charge is 2.32. The van der Waals surface area contributed by atoms with Crippen molar-refractivity contribution in [2.45, 2.75) is 44.6 Å². The van der Waals surface area contributed by atoms with Crippen LogP contribution in [0.5, 0.6) is 0 Å². The summed E-state index contributed by atoms with van der Waals surface area (Å²) in [5.41, 5.74) is 7.61. The maximum Gasteiger partial charge on any atom is 0.243 e. The molecule has 20 heavy (non-hydrogen) atoms. The van der Waals surface area contributed by atoms with Gasteiger partial charge in [0.2, 0.25) is 10.0 Å². The minimum Gasteiger partial charge on any atom is -0.326 e. The fourth-order valence-electron chi connectivity index (χ4n) is 2.84. The Labute approximate surface area is 122 Å². The summed E-state index contributed by atoms with van der Waals surface area (Å²) in [4.78, 5) is 0.376. The molecule has 0 amide bonds. The van der Waals surface area contributed by atoms with Crippen LogP contribution in [0.25, 0.3) is 0 Å². The summed E-state index contributed by atoms with van der Waals surface area (Å²) in [5, 5.41) is 0. The molecule has 1 heterocycles. The number of rotatable bonds is 5. The van der Waals surface area contributed by atoms with Crippen LogP contribution >= 0.6 is 0 Å². The summed E-state index contributed by atoms with van der Waals surface area (Å²) in [6.07, 6.45) is 3.19. The van der Waals surface area contributed by atoms with Crippen LogP contribution in [0, 0.1) is 12.8 Å². The van der Waals surface area contributed by atoms with E-state index in [1.807, 2.05) is 13.0 Å². The average Bonchev–Trinajstić information content (AvgIpc) is 2.89. The van der Waals surface area contributed by atoms with Gasteiger partial charge in [-0.25, -0.2) is 8.42 Å². The molecule has 0 radical (unpaired) electrons. The lowest BCUT2D eigenvalue weighted by Gasteiger charge is -2.17. The van der Waals surface area contributed by atoms with Crippen LogP contribution in [0.1, 0.15) is 37.3 Å². The summed E-state index contributed by atoms with van der Waals surface area (Å²) in [6.45, 7) is 5.75. The Kier molecular flexibility index (Phi) is 4.83. The minimum absolute atomic E-state index is 0.369. The predicted octanol–water partition coefficient (Wildman–Crippen LogP) is 2.26. The van der Waals surface area contributed by atoms with E-state index in [0.717, 1.165) is 30.4 Å². The molecule has 2 rings (SSSR count). The van der Waals surface area contributed by atoms with E-state index >= 15 is 0 Å². The Morgan fingerprint density at radius 3 is 2.80 bits per heavy atom. The number of nitrogens with two attached hydrogens (primary N) is 1. The van der Waals surface area contributed by atoms with Crippen LogP contribution in [0.2, 0.25) is 0 Å². The summed E-state index contributed by atoms with van der Waals surface area (Å²) in [5.74, 6) is 0.509. The molecule has 112 valence electrons.